The number of aliphatic imine (C=N–C) groups is 1. The number of methoxy groups -OCH3 is 1. The number of β-lactam (4-membered cyclic amide) rings is 1. The highest BCUT2D eigenvalue weighted by Crippen LogP contribution is 2.51. The Morgan fingerprint density at radius 3 is 2.21 bits per heavy atom. The molecule has 1 saturated heterocycles. The number of nitro benzene ring substituents is 1. The molecule has 0 spiro atoms. The molecule has 0 radical (unpaired) electrons. The summed E-state index contributed by atoms with van der Waals surface area (Å²) in [6.07, 6.45) is 0.474. The highest BCUT2D eigenvalue weighted by atomic mass is 32.2. The Labute approximate surface area is 274 Å². The van der Waals surface area contributed by atoms with Crippen molar-refractivity contribution < 1.29 is 38.3 Å². The van der Waals surface area contributed by atoms with Crippen molar-refractivity contribution in [3.8, 4) is 0 Å². The van der Waals surface area contributed by atoms with Crippen molar-refractivity contribution in [2.24, 2.45) is 4.99 Å². The third kappa shape index (κ3) is 7.09. The molecule has 0 bridgehead atoms. The van der Waals surface area contributed by atoms with Crippen LogP contribution in [0.1, 0.15) is 42.6 Å². The standard InChI is InChI=1S/C34H31N3O9S/c1-22(38)45-20-26-21-47-33-34(18-17-28(39)44-2,35-19-23-13-15-27(16-14-23)37(42)43)32(41)36(33)29(26)31(40)46-30(24-9-5-3-6-10-24)25-11-7-4-8-12-25/h3-16,19,30,33H,17-18,20-21H2,1-2H3/t33-,34?/m1/s1. The van der Waals surface area contributed by atoms with Crippen LogP contribution in [0.3, 0.4) is 0 Å². The van der Waals surface area contributed by atoms with E-state index in [0.717, 1.165) is 0 Å². The summed E-state index contributed by atoms with van der Waals surface area (Å²) in [5.41, 5.74) is 0.708. The molecule has 3 aromatic rings. The van der Waals surface area contributed by atoms with Crippen LogP contribution in [-0.4, -0.2) is 70.2 Å². The fourth-order valence-electron chi connectivity index (χ4n) is 5.39. The lowest BCUT2D eigenvalue weighted by molar-refractivity contribution is -0.384. The molecule has 0 N–H and O–H groups in total. The first-order chi connectivity index (χ1) is 22.6. The summed E-state index contributed by atoms with van der Waals surface area (Å²) >= 11 is 1.31. The summed E-state index contributed by atoms with van der Waals surface area (Å²) in [5.74, 6) is -2.23. The number of carbonyl (C=O) groups is 4. The van der Waals surface area contributed by atoms with Gasteiger partial charge in [-0.3, -0.25) is 34.4 Å². The molecule has 0 aromatic heterocycles. The van der Waals surface area contributed by atoms with Crippen LogP contribution in [0.25, 0.3) is 0 Å². The monoisotopic (exact) mass is 657 g/mol. The maximum absolute atomic E-state index is 14.2. The molecule has 2 aliphatic heterocycles. The van der Waals surface area contributed by atoms with Gasteiger partial charge in [-0.1, -0.05) is 60.7 Å². The van der Waals surface area contributed by atoms with Gasteiger partial charge in [0, 0.05) is 43.0 Å². The molecule has 2 heterocycles. The van der Waals surface area contributed by atoms with Crippen LogP contribution in [0.15, 0.2) is 101 Å². The van der Waals surface area contributed by atoms with E-state index in [4.69, 9.17) is 14.2 Å². The minimum absolute atomic E-state index is 0.0194. The third-order valence-electron chi connectivity index (χ3n) is 7.78. The Balaban J connectivity index is 1.51. The van der Waals surface area contributed by atoms with Crippen LogP contribution in [0.2, 0.25) is 0 Å². The van der Waals surface area contributed by atoms with Crippen molar-refractivity contribution in [2.75, 3.05) is 19.5 Å². The van der Waals surface area contributed by atoms with Crippen molar-refractivity contribution >= 4 is 47.5 Å². The molecule has 0 aliphatic carbocycles. The lowest BCUT2D eigenvalue weighted by atomic mass is 9.82. The van der Waals surface area contributed by atoms with Crippen LogP contribution >= 0.6 is 11.8 Å². The first-order valence-electron chi connectivity index (χ1n) is 14.6. The zero-order chi connectivity index (χ0) is 33.6. The smallest absolute Gasteiger partial charge is 0.356 e. The van der Waals surface area contributed by atoms with Gasteiger partial charge in [0.1, 0.15) is 17.7 Å². The largest absolute Gasteiger partial charge is 0.469 e. The molecule has 2 aliphatic rings. The molecule has 242 valence electrons. The first-order valence-corrected chi connectivity index (χ1v) is 15.7. The summed E-state index contributed by atoms with van der Waals surface area (Å²) in [4.78, 5) is 68.8. The van der Waals surface area contributed by atoms with E-state index in [2.05, 4.69) is 4.99 Å². The summed E-state index contributed by atoms with van der Waals surface area (Å²) in [7, 11) is 1.24. The van der Waals surface area contributed by atoms with E-state index in [-0.39, 0.29) is 36.6 Å². The van der Waals surface area contributed by atoms with Crippen LogP contribution in [0.4, 0.5) is 5.69 Å². The maximum Gasteiger partial charge on any atom is 0.356 e. The SMILES string of the molecule is COC(=O)CCC1(N=Cc2ccc([N+](=O)[O-])cc2)C(=O)N2C(C(=O)OC(c3ccccc3)c3ccccc3)=C(COC(C)=O)CS[C@@H]21. The van der Waals surface area contributed by atoms with Crippen molar-refractivity contribution in [1.29, 1.82) is 0 Å². The van der Waals surface area contributed by atoms with Gasteiger partial charge in [0.25, 0.3) is 11.6 Å². The number of nitrogens with zero attached hydrogens (tertiary/aromatic N) is 3. The first kappa shape index (κ1) is 33.1. The quantitative estimate of drug-likeness (QED) is 0.0664. The minimum Gasteiger partial charge on any atom is -0.469 e. The Hall–Kier alpha value is -5.30. The second kappa shape index (κ2) is 14.4. The van der Waals surface area contributed by atoms with Crippen LogP contribution < -0.4 is 0 Å². The van der Waals surface area contributed by atoms with Crippen molar-refractivity contribution in [2.45, 2.75) is 36.8 Å². The highest BCUT2D eigenvalue weighted by molar-refractivity contribution is 8.00. The number of non-ortho nitro benzene ring substituents is 1. The van der Waals surface area contributed by atoms with Gasteiger partial charge in [0.05, 0.1) is 12.0 Å². The number of hydrogen-bond donors (Lipinski definition) is 0. The van der Waals surface area contributed by atoms with E-state index in [0.29, 0.717) is 22.3 Å². The number of thioether (sulfide) groups is 1. The molecule has 12 nitrogen and oxygen atoms in total. The van der Waals surface area contributed by atoms with Gasteiger partial charge in [0.15, 0.2) is 11.6 Å². The van der Waals surface area contributed by atoms with E-state index < -0.39 is 45.8 Å². The number of ether oxygens (including phenoxy) is 3. The zero-order valence-electron chi connectivity index (χ0n) is 25.6. The number of fused-ring (bicyclic) bond motifs is 1. The van der Waals surface area contributed by atoms with Gasteiger partial charge < -0.3 is 14.2 Å². The molecule has 2 atom stereocenters. The van der Waals surface area contributed by atoms with Gasteiger partial charge in [-0.15, -0.1) is 11.8 Å². The number of carbonyl (C=O) groups excluding carboxylic acids is 4. The summed E-state index contributed by atoms with van der Waals surface area (Å²) < 4.78 is 16.2. The fraction of sp³-hybridized carbons (Fsp3) is 0.265. The van der Waals surface area contributed by atoms with Gasteiger partial charge >= 0.3 is 17.9 Å². The molecule has 1 amide bonds. The lowest BCUT2D eigenvalue weighted by Crippen LogP contribution is -2.73. The molecule has 47 heavy (non-hydrogen) atoms. The molecule has 3 aromatic carbocycles. The number of esters is 3. The van der Waals surface area contributed by atoms with Crippen LogP contribution in [0.5, 0.6) is 0 Å². The molecule has 13 heteroatoms. The molecule has 0 saturated carbocycles. The average Bonchev–Trinajstić information content (AvgIpc) is 3.09. The zero-order valence-corrected chi connectivity index (χ0v) is 26.4. The summed E-state index contributed by atoms with van der Waals surface area (Å²) in [5, 5.41) is 10.4. The predicted molar refractivity (Wildman–Crippen MR) is 172 cm³/mol. The number of rotatable bonds is 12. The number of amides is 1. The Kier molecular flexibility index (Phi) is 10.1. The van der Waals surface area contributed by atoms with Crippen molar-refractivity contribution in [3.05, 3.63) is 123 Å². The molecule has 1 fully saturated rings. The summed E-state index contributed by atoms with van der Waals surface area (Å²) in [6.45, 7) is 1.02. The maximum atomic E-state index is 14.2. The average molecular weight is 658 g/mol. The summed E-state index contributed by atoms with van der Waals surface area (Å²) in [6, 6.07) is 24.0. The van der Waals surface area contributed by atoms with Crippen molar-refractivity contribution in [1.82, 2.24) is 4.90 Å². The van der Waals surface area contributed by atoms with Gasteiger partial charge in [0.2, 0.25) is 0 Å². The van der Waals surface area contributed by atoms with E-state index in [1.807, 2.05) is 60.7 Å². The second-order valence-electron chi connectivity index (χ2n) is 10.8. The van der Waals surface area contributed by atoms with E-state index >= 15 is 0 Å². The molecule has 1 unspecified atom stereocenters. The van der Waals surface area contributed by atoms with Gasteiger partial charge in [-0.2, -0.15) is 0 Å². The highest BCUT2D eigenvalue weighted by Gasteiger charge is 2.64. The molecular formula is C34H31N3O9S. The topological polar surface area (TPSA) is 155 Å². The molecule has 5 rings (SSSR count). The predicted octanol–water partition coefficient (Wildman–Crippen LogP) is 4.77. The normalized spacial score (nSPS) is 18.8. The fourth-order valence-corrected chi connectivity index (χ4v) is 6.87. The number of hydrogen-bond acceptors (Lipinski definition) is 11. The minimum atomic E-state index is -1.46. The van der Waals surface area contributed by atoms with Crippen LogP contribution in [0, 0.1) is 10.1 Å². The Morgan fingerprint density at radius 2 is 1.66 bits per heavy atom. The van der Waals surface area contributed by atoms with Crippen molar-refractivity contribution in [3.63, 3.8) is 0 Å². The Bertz CT molecular complexity index is 1690. The van der Waals surface area contributed by atoms with E-state index in [9.17, 15) is 29.3 Å². The number of nitro groups is 1. The number of benzene rings is 3. The second-order valence-corrected chi connectivity index (χ2v) is 11.9. The van der Waals surface area contributed by atoms with Gasteiger partial charge in [-0.25, -0.2) is 4.79 Å². The van der Waals surface area contributed by atoms with E-state index in [1.165, 1.54) is 61.2 Å². The molecular weight excluding hydrogens is 626 g/mol. The van der Waals surface area contributed by atoms with Crippen LogP contribution in [-0.2, 0) is 33.4 Å². The van der Waals surface area contributed by atoms with E-state index in [1.54, 1.807) is 0 Å². The van der Waals surface area contributed by atoms with Gasteiger partial charge in [-0.05, 0) is 35.2 Å². The Morgan fingerprint density at radius 1 is 1.04 bits per heavy atom. The third-order valence-corrected chi connectivity index (χ3v) is 9.21. The lowest BCUT2D eigenvalue weighted by Gasteiger charge is -2.55.